The molecule has 6 heteroatoms. The Balaban J connectivity index is 4.17. The minimum absolute atomic E-state index is 0.0864. The lowest BCUT2D eigenvalue weighted by molar-refractivity contribution is -0.167. The number of allylic oxidation sites excluding steroid dienone is 20. The van der Waals surface area contributed by atoms with E-state index in [1.807, 2.05) is 0 Å². The zero-order valence-corrected chi connectivity index (χ0v) is 47.4. The van der Waals surface area contributed by atoms with Gasteiger partial charge in [0, 0.05) is 19.3 Å². The molecule has 0 aliphatic carbocycles. The third-order valence-electron chi connectivity index (χ3n) is 12.5. The normalized spacial score (nSPS) is 13.0. The summed E-state index contributed by atoms with van der Waals surface area (Å²) in [5.41, 5.74) is 0. The van der Waals surface area contributed by atoms with Gasteiger partial charge >= 0.3 is 17.9 Å². The van der Waals surface area contributed by atoms with Crippen LogP contribution in [-0.4, -0.2) is 37.2 Å². The first-order chi connectivity index (χ1) is 36.0. The van der Waals surface area contributed by atoms with Gasteiger partial charge in [-0.05, 0) is 109 Å². The Morgan fingerprint density at radius 2 is 0.548 bits per heavy atom. The standard InChI is InChI=1S/C67H110O6/c1-4-7-10-13-16-19-21-23-25-26-27-28-29-30-31-32-33-34-35-36-37-38-39-40-41-42-43-45-46-48-51-54-57-60-66(69)72-63-64(62-71-65(68)59-56-53-50-18-15-12-9-6-3)73-67(70)61-58-55-52-49-47-44-24-22-20-17-14-11-8-5-2/h7,10,14,16-17,19,22-25,27-28,30-31,33-34,36-37,39-40,64H,4-6,8-9,11-13,15,18,20-21,26,29,32,35,38,41-63H2,1-3H3/b10-7-,17-14-,19-16-,24-22-,25-23-,28-27-,31-30-,34-33-,37-36-,40-39-. The summed E-state index contributed by atoms with van der Waals surface area (Å²) in [6.07, 6.45) is 83.6. The molecule has 0 aromatic heterocycles. The quantitative estimate of drug-likeness (QED) is 0.0261. The van der Waals surface area contributed by atoms with Gasteiger partial charge in [0.25, 0.3) is 0 Å². The Bertz CT molecular complexity index is 1540. The smallest absolute Gasteiger partial charge is 0.306 e. The van der Waals surface area contributed by atoms with E-state index >= 15 is 0 Å². The zero-order valence-electron chi connectivity index (χ0n) is 47.4. The van der Waals surface area contributed by atoms with Gasteiger partial charge in [0.05, 0.1) is 0 Å². The molecule has 0 aliphatic heterocycles. The number of rotatable bonds is 53. The fourth-order valence-electron chi connectivity index (χ4n) is 7.94. The van der Waals surface area contributed by atoms with E-state index in [1.165, 1.54) is 83.5 Å². The number of carbonyl (C=O) groups is 3. The van der Waals surface area contributed by atoms with Crippen LogP contribution in [0.15, 0.2) is 122 Å². The molecule has 0 amide bonds. The molecular formula is C67H110O6. The summed E-state index contributed by atoms with van der Waals surface area (Å²) < 4.78 is 16.8. The van der Waals surface area contributed by atoms with Crippen molar-refractivity contribution in [3.05, 3.63) is 122 Å². The Morgan fingerprint density at radius 3 is 0.877 bits per heavy atom. The monoisotopic (exact) mass is 1010 g/mol. The SMILES string of the molecule is CC/C=C\C/C=C\C/C=C\C/C=C\C/C=C\C/C=C\C/C=C\C/C=C\CCCCCCCCCCC(=O)OCC(COC(=O)CCCCCCCCCC)OC(=O)CCCCCCC/C=C\C/C=C\CCCC. The predicted octanol–water partition coefficient (Wildman–Crippen LogP) is 20.4. The van der Waals surface area contributed by atoms with Crippen molar-refractivity contribution in [2.75, 3.05) is 13.2 Å². The van der Waals surface area contributed by atoms with E-state index in [1.54, 1.807) is 0 Å². The van der Waals surface area contributed by atoms with Gasteiger partial charge in [0.15, 0.2) is 6.10 Å². The van der Waals surface area contributed by atoms with Crippen molar-refractivity contribution >= 4 is 17.9 Å². The van der Waals surface area contributed by atoms with E-state index < -0.39 is 6.10 Å². The summed E-state index contributed by atoms with van der Waals surface area (Å²) in [6, 6.07) is 0. The molecule has 73 heavy (non-hydrogen) atoms. The maximum atomic E-state index is 12.8. The van der Waals surface area contributed by atoms with Gasteiger partial charge in [0.1, 0.15) is 13.2 Å². The maximum Gasteiger partial charge on any atom is 0.306 e. The molecule has 0 radical (unpaired) electrons. The molecule has 0 fully saturated rings. The van der Waals surface area contributed by atoms with Crippen LogP contribution in [-0.2, 0) is 28.6 Å². The van der Waals surface area contributed by atoms with Gasteiger partial charge in [-0.3, -0.25) is 14.4 Å². The first-order valence-corrected chi connectivity index (χ1v) is 30.0. The van der Waals surface area contributed by atoms with Crippen molar-refractivity contribution in [2.24, 2.45) is 0 Å². The van der Waals surface area contributed by atoms with Crippen LogP contribution in [0.3, 0.4) is 0 Å². The van der Waals surface area contributed by atoms with Crippen LogP contribution in [0.1, 0.15) is 265 Å². The highest BCUT2D eigenvalue weighted by Gasteiger charge is 2.19. The van der Waals surface area contributed by atoms with Gasteiger partial charge in [-0.1, -0.05) is 258 Å². The number of hydrogen-bond donors (Lipinski definition) is 0. The summed E-state index contributed by atoms with van der Waals surface area (Å²) in [6.45, 7) is 6.43. The minimum atomic E-state index is -0.788. The average Bonchev–Trinajstić information content (AvgIpc) is 3.39. The molecule has 1 atom stereocenters. The fraction of sp³-hybridized carbons (Fsp3) is 0.657. The Kier molecular flexibility index (Phi) is 56.9. The topological polar surface area (TPSA) is 78.9 Å². The summed E-state index contributed by atoms with van der Waals surface area (Å²) in [4.78, 5) is 38.0. The van der Waals surface area contributed by atoms with Gasteiger partial charge in [-0.2, -0.15) is 0 Å². The number of unbranched alkanes of at least 4 members (excludes halogenated alkanes) is 22. The maximum absolute atomic E-state index is 12.8. The Labute approximate surface area is 450 Å². The van der Waals surface area contributed by atoms with E-state index in [0.717, 1.165) is 141 Å². The van der Waals surface area contributed by atoms with Gasteiger partial charge in [0.2, 0.25) is 0 Å². The van der Waals surface area contributed by atoms with E-state index in [9.17, 15) is 14.4 Å². The molecule has 0 rings (SSSR count). The molecule has 0 bridgehead atoms. The van der Waals surface area contributed by atoms with Crippen LogP contribution < -0.4 is 0 Å². The van der Waals surface area contributed by atoms with Crippen LogP contribution >= 0.6 is 0 Å². The molecule has 6 nitrogen and oxygen atoms in total. The fourth-order valence-corrected chi connectivity index (χ4v) is 7.94. The number of hydrogen-bond acceptors (Lipinski definition) is 6. The molecule has 0 aliphatic rings. The lowest BCUT2D eigenvalue weighted by atomic mass is 10.1. The third-order valence-corrected chi connectivity index (χ3v) is 12.5. The lowest BCUT2D eigenvalue weighted by Crippen LogP contribution is -2.30. The molecular weight excluding hydrogens is 901 g/mol. The second kappa shape index (κ2) is 60.4. The van der Waals surface area contributed by atoms with E-state index in [4.69, 9.17) is 14.2 Å². The lowest BCUT2D eigenvalue weighted by Gasteiger charge is -2.18. The van der Waals surface area contributed by atoms with Crippen molar-refractivity contribution in [1.29, 1.82) is 0 Å². The van der Waals surface area contributed by atoms with E-state index in [-0.39, 0.29) is 31.1 Å². The van der Waals surface area contributed by atoms with Crippen molar-refractivity contribution in [2.45, 2.75) is 271 Å². The largest absolute Gasteiger partial charge is 0.462 e. The zero-order chi connectivity index (χ0) is 52.9. The van der Waals surface area contributed by atoms with Crippen molar-refractivity contribution in [3.8, 4) is 0 Å². The van der Waals surface area contributed by atoms with E-state index in [2.05, 4.69) is 142 Å². The van der Waals surface area contributed by atoms with Crippen LogP contribution in [0, 0.1) is 0 Å². The minimum Gasteiger partial charge on any atom is -0.462 e. The molecule has 1 unspecified atom stereocenters. The highest BCUT2D eigenvalue weighted by molar-refractivity contribution is 5.71. The van der Waals surface area contributed by atoms with Crippen molar-refractivity contribution in [1.82, 2.24) is 0 Å². The van der Waals surface area contributed by atoms with Crippen LogP contribution in [0.5, 0.6) is 0 Å². The van der Waals surface area contributed by atoms with Crippen molar-refractivity contribution in [3.63, 3.8) is 0 Å². The summed E-state index contributed by atoms with van der Waals surface area (Å²) >= 11 is 0. The predicted molar refractivity (Wildman–Crippen MR) is 316 cm³/mol. The second-order valence-corrected chi connectivity index (χ2v) is 19.5. The average molecular weight is 1010 g/mol. The van der Waals surface area contributed by atoms with Crippen LogP contribution in [0.2, 0.25) is 0 Å². The molecule has 414 valence electrons. The molecule has 0 saturated heterocycles. The molecule has 0 heterocycles. The summed E-state index contributed by atoms with van der Waals surface area (Å²) in [5.74, 6) is -0.915. The first-order valence-electron chi connectivity index (χ1n) is 30.0. The van der Waals surface area contributed by atoms with E-state index in [0.29, 0.717) is 19.3 Å². The second-order valence-electron chi connectivity index (χ2n) is 19.5. The number of ether oxygens (including phenoxy) is 3. The highest BCUT2D eigenvalue weighted by atomic mass is 16.6. The summed E-state index contributed by atoms with van der Waals surface area (Å²) in [5, 5.41) is 0. The summed E-state index contributed by atoms with van der Waals surface area (Å²) in [7, 11) is 0. The van der Waals surface area contributed by atoms with Crippen LogP contribution in [0.4, 0.5) is 0 Å². The number of carbonyl (C=O) groups excluding carboxylic acids is 3. The molecule has 0 spiro atoms. The third kappa shape index (κ3) is 58.6. The molecule has 0 aromatic carbocycles. The Hall–Kier alpha value is -4.19. The molecule has 0 saturated carbocycles. The van der Waals surface area contributed by atoms with Gasteiger partial charge in [-0.25, -0.2) is 0 Å². The molecule has 0 N–H and O–H groups in total. The van der Waals surface area contributed by atoms with Gasteiger partial charge < -0.3 is 14.2 Å². The van der Waals surface area contributed by atoms with Crippen LogP contribution in [0.25, 0.3) is 0 Å². The number of esters is 3. The molecule has 0 aromatic rings. The Morgan fingerprint density at radius 1 is 0.288 bits per heavy atom. The van der Waals surface area contributed by atoms with Crippen molar-refractivity contribution < 1.29 is 28.6 Å². The highest BCUT2D eigenvalue weighted by Crippen LogP contribution is 2.14. The van der Waals surface area contributed by atoms with Gasteiger partial charge in [-0.15, -0.1) is 0 Å². The first kappa shape index (κ1) is 68.8.